The van der Waals surface area contributed by atoms with Crippen molar-refractivity contribution >= 4 is 70.4 Å². The summed E-state index contributed by atoms with van der Waals surface area (Å²) in [7, 11) is 4.89. The second-order valence-electron chi connectivity index (χ2n) is 10.1. The molecule has 15 heteroatoms. The zero-order chi connectivity index (χ0) is 35.1. The van der Waals surface area contributed by atoms with E-state index in [2.05, 4.69) is 34.5 Å². The Morgan fingerprint density at radius 1 is 1.02 bits per heavy atom. The third-order valence-electron chi connectivity index (χ3n) is 7.44. The number of carboxylic acids is 2. The van der Waals surface area contributed by atoms with E-state index in [1.807, 2.05) is 44.9 Å². The second-order valence-corrected chi connectivity index (χ2v) is 11.8. The maximum absolute atomic E-state index is 12.5. The molecule has 1 N–H and O–H groups in total. The van der Waals surface area contributed by atoms with Crippen molar-refractivity contribution in [2.45, 2.75) is 51.5 Å². The van der Waals surface area contributed by atoms with Crippen LogP contribution in [0.25, 0.3) is 6.08 Å². The van der Waals surface area contributed by atoms with E-state index in [1.54, 1.807) is 27.3 Å². The van der Waals surface area contributed by atoms with Crippen LogP contribution in [0, 0.1) is 0 Å². The van der Waals surface area contributed by atoms with Crippen molar-refractivity contribution < 1.29 is 142 Å². The standard InChI is InChI=1S/C28H28N2O5S2.C3H7NO2.C2H6.CH2O.2K/c1-34-18-11-13-23(24(15-18)35-2)30-21-8-4-3-7-19(21)20-14-17(10-12-22(20)30)6-5-9-25-27(33)29(16-26(31)32)28(36)37-25;1-4-2-3(5)6;2*1-2;;/h5-6,9-15,19,21H,3-4,7-8,16H2,1-2H3,(H,31,32);4H,2H2,1H3,(H,5,6);1-2H3;1H2;;/q;;;;2*+1/p-2/b6-5?,25-9+;;;;;. The molecule has 2 unspecified atom stereocenters. The van der Waals surface area contributed by atoms with E-state index in [1.165, 1.54) is 24.1 Å². The number of amides is 1. The van der Waals surface area contributed by atoms with Gasteiger partial charge in [-0.05, 0) is 61.4 Å². The van der Waals surface area contributed by atoms with Gasteiger partial charge in [0.15, 0.2) is 0 Å². The number of hydrogen-bond acceptors (Lipinski definition) is 12. The van der Waals surface area contributed by atoms with Gasteiger partial charge >= 0.3 is 103 Å². The zero-order valence-corrected chi connectivity index (χ0v) is 37.2. The van der Waals surface area contributed by atoms with Gasteiger partial charge in [0.05, 0.1) is 43.3 Å². The van der Waals surface area contributed by atoms with Crippen molar-refractivity contribution in [1.82, 2.24) is 10.2 Å². The van der Waals surface area contributed by atoms with Gasteiger partial charge in [-0.1, -0.05) is 68.9 Å². The van der Waals surface area contributed by atoms with Crippen molar-refractivity contribution in [3.63, 3.8) is 0 Å². The molecule has 2 atom stereocenters. The maximum Gasteiger partial charge on any atom is 1.00 e. The summed E-state index contributed by atoms with van der Waals surface area (Å²) in [6.07, 6.45) is 10.1. The van der Waals surface area contributed by atoms with Crippen LogP contribution in [0.5, 0.6) is 11.5 Å². The van der Waals surface area contributed by atoms with Crippen LogP contribution in [0.2, 0.25) is 0 Å². The maximum atomic E-state index is 12.5. The van der Waals surface area contributed by atoms with Crippen LogP contribution in [-0.4, -0.2) is 74.3 Å². The quantitative estimate of drug-likeness (QED) is 0.160. The first-order valence-electron chi connectivity index (χ1n) is 15.1. The van der Waals surface area contributed by atoms with Crippen molar-refractivity contribution in [1.29, 1.82) is 0 Å². The number of rotatable bonds is 9. The van der Waals surface area contributed by atoms with Crippen LogP contribution < -0.4 is 133 Å². The molecule has 1 saturated heterocycles. The Hall–Kier alpha value is -0.927. The minimum absolute atomic E-state index is 0. The van der Waals surface area contributed by atoms with E-state index in [4.69, 9.17) is 26.5 Å². The fraction of sp³-hybridized carbons (Fsp3) is 0.382. The zero-order valence-electron chi connectivity index (χ0n) is 29.3. The first-order valence-corrected chi connectivity index (χ1v) is 16.3. The average molecular weight is 762 g/mol. The number of ether oxygens (including phenoxy) is 2. The number of thioether (sulfide) groups is 1. The fourth-order valence-electron chi connectivity index (χ4n) is 5.62. The van der Waals surface area contributed by atoms with E-state index in [0.717, 1.165) is 52.3 Å². The van der Waals surface area contributed by atoms with Gasteiger partial charge in [-0.2, -0.15) is 0 Å². The van der Waals surface area contributed by atoms with Crippen LogP contribution in [-0.2, 0) is 19.2 Å². The largest absolute Gasteiger partial charge is 1.00 e. The molecule has 2 fully saturated rings. The number of carbonyl (C=O) groups excluding carboxylic acids is 4. The minimum Gasteiger partial charge on any atom is -0.549 e. The van der Waals surface area contributed by atoms with Crippen LogP contribution in [0.4, 0.5) is 11.4 Å². The first-order chi connectivity index (χ1) is 22.7. The Morgan fingerprint density at radius 3 is 2.24 bits per heavy atom. The third kappa shape index (κ3) is 13.2. The molecule has 5 rings (SSSR count). The molecule has 1 amide bonds. The molecular weight excluding hydrogens is 721 g/mol. The van der Waals surface area contributed by atoms with Crippen LogP contribution >= 0.6 is 24.0 Å². The molecule has 254 valence electrons. The topological polar surface area (TPSA) is 151 Å². The van der Waals surface area contributed by atoms with Crippen molar-refractivity contribution in [3.05, 3.63) is 64.6 Å². The molecule has 1 saturated carbocycles. The number of allylic oxidation sites excluding steroid dienone is 2. The van der Waals surface area contributed by atoms with Crippen molar-refractivity contribution in [2.24, 2.45) is 0 Å². The summed E-state index contributed by atoms with van der Waals surface area (Å²) in [5.41, 5.74) is 4.60. The summed E-state index contributed by atoms with van der Waals surface area (Å²) in [6, 6.07) is 12.8. The monoisotopic (exact) mass is 761 g/mol. The van der Waals surface area contributed by atoms with E-state index < -0.39 is 24.4 Å². The SMILES string of the molecule is C=O.CC.CNCC(=O)[O-].COc1ccc(N2c3ccc(C=C/C=C4/SC(=S)N(CC(=O)[O-])C4=O)cc3C3CCCCC32)c(OC)c1.[K+].[K+]. The summed E-state index contributed by atoms with van der Waals surface area (Å²) >= 11 is 6.24. The van der Waals surface area contributed by atoms with Crippen LogP contribution in [0.1, 0.15) is 56.6 Å². The number of nitrogens with zero attached hydrogens (tertiary/aromatic N) is 2. The van der Waals surface area contributed by atoms with E-state index >= 15 is 0 Å². The minimum atomic E-state index is -1.34. The molecule has 49 heavy (non-hydrogen) atoms. The Balaban J connectivity index is 0.00000172. The summed E-state index contributed by atoms with van der Waals surface area (Å²) in [6.45, 7) is 5.40. The Labute approximate surface area is 383 Å². The number of hydrogen-bond donors (Lipinski definition) is 1. The van der Waals surface area contributed by atoms with Gasteiger partial charge in [-0.25, -0.2) is 0 Å². The molecule has 1 aliphatic carbocycles. The summed E-state index contributed by atoms with van der Waals surface area (Å²) in [5.74, 6) is -0.837. The molecule has 0 spiro atoms. The van der Waals surface area contributed by atoms with Crippen LogP contribution in [0.15, 0.2) is 53.5 Å². The molecule has 2 heterocycles. The normalized spacial score (nSPS) is 17.9. The predicted octanol–water partition coefficient (Wildman–Crippen LogP) is -2.81. The summed E-state index contributed by atoms with van der Waals surface area (Å²) < 4.78 is 11.4. The number of fused-ring (bicyclic) bond motifs is 3. The Bertz CT molecular complexity index is 1490. The second kappa shape index (κ2) is 25.1. The molecule has 2 aromatic carbocycles. The summed E-state index contributed by atoms with van der Waals surface area (Å²) in [4.78, 5) is 44.7. The van der Waals surface area contributed by atoms with Crippen molar-refractivity contribution in [2.75, 3.05) is 39.3 Å². The number of carboxylic acid groups (broad SMARTS) is 2. The number of anilines is 2. The third-order valence-corrected chi connectivity index (χ3v) is 8.83. The number of benzene rings is 2. The molecule has 0 radical (unpaired) electrons. The van der Waals surface area contributed by atoms with E-state index in [9.17, 15) is 24.6 Å². The number of methoxy groups -OCH3 is 2. The summed E-state index contributed by atoms with van der Waals surface area (Å²) in [5, 5.41) is 22.7. The molecule has 2 aliphatic heterocycles. The fourth-order valence-corrected chi connectivity index (χ4v) is 6.82. The molecule has 2 aromatic rings. The van der Waals surface area contributed by atoms with Gasteiger partial charge in [0.25, 0.3) is 5.91 Å². The van der Waals surface area contributed by atoms with Crippen molar-refractivity contribution in [3.8, 4) is 11.5 Å². The van der Waals surface area contributed by atoms with Gasteiger partial charge < -0.3 is 44.3 Å². The molecule has 0 aromatic heterocycles. The first kappa shape index (κ1) is 48.1. The average Bonchev–Trinajstić information content (AvgIpc) is 3.54. The van der Waals surface area contributed by atoms with E-state index in [-0.39, 0.29) is 114 Å². The van der Waals surface area contributed by atoms with Gasteiger partial charge in [0.1, 0.15) is 22.6 Å². The number of carbonyl (C=O) groups is 4. The van der Waals surface area contributed by atoms with Crippen LogP contribution in [0.3, 0.4) is 0 Å². The smallest absolute Gasteiger partial charge is 0.549 e. The molecule has 0 bridgehead atoms. The number of thiocarbonyl (C=S) groups is 1. The molecule has 11 nitrogen and oxygen atoms in total. The number of nitrogens with one attached hydrogen (secondary N) is 1. The molecule has 3 aliphatic rings. The van der Waals surface area contributed by atoms with Gasteiger partial charge in [0.2, 0.25) is 0 Å². The Kier molecular flexibility index (Phi) is 24.6. The van der Waals surface area contributed by atoms with Gasteiger partial charge in [0, 0.05) is 30.3 Å². The van der Waals surface area contributed by atoms with Gasteiger partial charge in [-0.3, -0.25) is 9.69 Å². The van der Waals surface area contributed by atoms with Gasteiger partial charge in [-0.15, -0.1) is 0 Å². The number of likely N-dealkylation sites (N-methyl/N-ethyl adjacent to an activating group) is 1. The molecular formula is C34H41K2N3O8S2. The van der Waals surface area contributed by atoms with E-state index in [0.29, 0.717) is 16.9 Å². The predicted molar refractivity (Wildman–Crippen MR) is 185 cm³/mol. The Morgan fingerprint density at radius 2 is 1.67 bits per heavy atom. The number of aliphatic carboxylic acids is 2.